The number of pyridine rings is 1. The number of anilines is 1. The number of nitrogens with one attached hydrogen (secondary N) is 1. The molecule has 5 aliphatic rings. The number of halogens is 1. The summed E-state index contributed by atoms with van der Waals surface area (Å²) in [5, 5.41) is 10.9. The van der Waals surface area contributed by atoms with Crippen LogP contribution in [-0.4, -0.2) is 70.4 Å². The van der Waals surface area contributed by atoms with Gasteiger partial charge >= 0.3 is 5.91 Å². The zero-order valence-corrected chi connectivity index (χ0v) is 30.1. The summed E-state index contributed by atoms with van der Waals surface area (Å²) in [6.07, 6.45) is 10.2. The second-order valence-electron chi connectivity index (χ2n) is 15.4. The minimum atomic E-state index is -3.52. The maximum absolute atomic E-state index is 14.4. The van der Waals surface area contributed by atoms with E-state index in [9.17, 15) is 18.9 Å². The molecule has 2 fully saturated rings. The minimum Gasteiger partial charge on any atom is -0.489 e. The molecule has 2 aromatic rings. The molecule has 0 unspecified atom stereocenters. The fraction of sp³-hybridized carbons (Fsp3) is 0.595. The number of hydrogen-bond donors (Lipinski definition) is 2. The molecule has 264 valence electrons. The number of hydrogen-bond acceptors (Lipinski definition) is 8. The van der Waals surface area contributed by atoms with Gasteiger partial charge in [-0.3, -0.25) is 14.3 Å². The summed E-state index contributed by atoms with van der Waals surface area (Å²) in [6, 6.07) is 9.51. The highest BCUT2D eigenvalue weighted by molar-refractivity contribution is 7.92. The first kappa shape index (κ1) is 34.5. The first-order valence-electron chi connectivity index (χ1n) is 17.6. The van der Waals surface area contributed by atoms with E-state index in [4.69, 9.17) is 26.1 Å². The highest BCUT2D eigenvalue weighted by Gasteiger charge is 2.46. The van der Waals surface area contributed by atoms with E-state index in [1.165, 1.54) is 11.1 Å². The number of ether oxygens (including phenoxy) is 2. The fourth-order valence-electron chi connectivity index (χ4n) is 8.64. The van der Waals surface area contributed by atoms with Crippen molar-refractivity contribution in [3.8, 4) is 5.75 Å². The van der Waals surface area contributed by atoms with Crippen molar-refractivity contribution in [1.82, 2.24) is 9.71 Å². The van der Waals surface area contributed by atoms with Crippen molar-refractivity contribution in [2.45, 2.75) is 82.3 Å². The van der Waals surface area contributed by atoms with E-state index in [-0.39, 0.29) is 41.7 Å². The predicted molar refractivity (Wildman–Crippen MR) is 189 cm³/mol. The van der Waals surface area contributed by atoms with Crippen molar-refractivity contribution in [2.75, 3.05) is 37.5 Å². The molecule has 2 amide bonds. The van der Waals surface area contributed by atoms with Gasteiger partial charge in [0, 0.05) is 36.6 Å². The van der Waals surface area contributed by atoms with Gasteiger partial charge in [-0.1, -0.05) is 36.7 Å². The molecule has 2 saturated carbocycles. The maximum Gasteiger partial charge on any atom is 0.305 e. The minimum absolute atomic E-state index is 0.00619. The molecule has 0 radical (unpaired) electrons. The van der Waals surface area contributed by atoms with Crippen molar-refractivity contribution in [1.29, 1.82) is 0 Å². The van der Waals surface area contributed by atoms with E-state index in [1.807, 2.05) is 13.0 Å². The number of fused-ring (bicyclic) bond motifs is 4. The van der Waals surface area contributed by atoms with Gasteiger partial charge in [0.15, 0.2) is 11.6 Å². The SMILES string of the molecule is CO[C@H]1/C=C/C[C@H](C)C[S@@](=O)(NC(=O)[C@H]2C[C@](C)(O)C2)=NC(=O)c2ccc3c(n2)N(C[C@@H]2CC[C@H]21)C[C@@]1(CCCc2cc(Cl)ccc21)CO3. The molecule has 1 aromatic carbocycles. The van der Waals surface area contributed by atoms with E-state index in [2.05, 4.69) is 38.3 Å². The summed E-state index contributed by atoms with van der Waals surface area (Å²) in [5.41, 5.74) is 1.31. The van der Waals surface area contributed by atoms with Gasteiger partial charge < -0.3 is 19.5 Å². The molecule has 1 spiro atoms. The molecule has 3 aliphatic carbocycles. The molecule has 1 aromatic heterocycles. The molecule has 10 nitrogen and oxygen atoms in total. The first-order valence-corrected chi connectivity index (χ1v) is 19.6. The van der Waals surface area contributed by atoms with Crippen LogP contribution in [0.2, 0.25) is 5.02 Å². The number of aliphatic hydroxyl groups is 1. The Morgan fingerprint density at radius 3 is 2.78 bits per heavy atom. The number of amides is 2. The van der Waals surface area contributed by atoms with Crippen LogP contribution in [0.4, 0.5) is 5.82 Å². The first-order chi connectivity index (χ1) is 23.4. The van der Waals surface area contributed by atoms with Crippen LogP contribution in [-0.2, 0) is 31.3 Å². The lowest BCUT2D eigenvalue weighted by atomic mass is 9.68. The number of methoxy groups -OCH3 is 1. The van der Waals surface area contributed by atoms with Crippen LogP contribution in [0.25, 0.3) is 0 Å². The van der Waals surface area contributed by atoms with E-state index >= 15 is 0 Å². The van der Waals surface area contributed by atoms with E-state index < -0.39 is 33.2 Å². The highest BCUT2D eigenvalue weighted by atomic mass is 35.5. The Balaban J connectivity index is 1.28. The van der Waals surface area contributed by atoms with Gasteiger partial charge in [0.05, 0.1) is 24.1 Å². The van der Waals surface area contributed by atoms with Gasteiger partial charge in [-0.25, -0.2) is 9.19 Å². The molecule has 6 atom stereocenters. The quantitative estimate of drug-likeness (QED) is 0.392. The average Bonchev–Trinajstić information content (AvgIpc) is 3.17. The molecule has 3 heterocycles. The maximum atomic E-state index is 14.4. The molecule has 2 bridgehead atoms. The molecule has 0 saturated heterocycles. The van der Waals surface area contributed by atoms with Crippen LogP contribution in [0.1, 0.15) is 80.4 Å². The van der Waals surface area contributed by atoms with E-state index in [0.717, 1.165) is 43.7 Å². The Morgan fingerprint density at radius 2 is 2.04 bits per heavy atom. The smallest absolute Gasteiger partial charge is 0.305 e. The summed E-state index contributed by atoms with van der Waals surface area (Å²) < 4.78 is 33.8. The zero-order chi connectivity index (χ0) is 34.6. The van der Waals surface area contributed by atoms with Crippen molar-refractivity contribution < 1.29 is 28.4 Å². The molecular weight excluding hydrogens is 664 g/mol. The Bertz CT molecular complexity index is 1780. The van der Waals surface area contributed by atoms with Gasteiger partial charge in [-0.2, -0.15) is 0 Å². The van der Waals surface area contributed by atoms with Crippen molar-refractivity contribution >= 4 is 39.1 Å². The largest absolute Gasteiger partial charge is 0.489 e. The Labute approximate surface area is 294 Å². The van der Waals surface area contributed by atoms with Crippen LogP contribution in [0.3, 0.4) is 0 Å². The van der Waals surface area contributed by atoms with Crippen LogP contribution in [0.5, 0.6) is 5.75 Å². The van der Waals surface area contributed by atoms with Gasteiger partial charge in [-0.05, 0) is 111 Å². The molecule has 49 heavy (non-hydrogen) atoms. The lowest BCUT2D eigenvalue weighted by molar-refractivity contribution is -0.137. The molecule has 2 N–H and O–H groups in total. The number of carbonyl (C=O) groups excluding carboxylic acids is 2. The van der Waals surface area contributed by atoms with Crippen molar-refractivity contribution in [3.63, 3.8) is 0 Å². The summed E-state index contributed by atoms with van der Waals surface area (Å²) in [6.45, 7) is 5.45. The third-order valence-corrected chi connectivity index (χ3v) is 13.6. The van der Waals surface area contributed by atoms with Crippen LogP contribution >= 0.6 is 11.6 Å². The average molecular weight is 711 g/mol. The number of benzene rings is 1. The molecule has 7 rings (SSSR count). The van der Waals surface area contributed by atoms with Gasteiger partial charge in [-0.15, -0.1) is 4.36 Å². The van der Waals surface area contributed by atoms with Crippen LogP contribution < -0.4 is 14.4 Å². The Morgan fingerprint density at radius 1 is 1.22 bits per heavy atom. The van der Waals surface area contributed by atoms with Crippen LogP contribution in [0, 0.1) is 23.7 Å². The lowest BCUT2D eigenvalue weighted by Crippen LogP contribution is -2.50. The second-order valence-corrected chi connectivity index (χ2v) is 17.8. The second kappa shape index (κ2) is 13.3. The van der Waals surface area contributed by atoms with Crippen molar-refractivity contribution in [2.24, 2.45) is 28.0 Å². The van der Waals surface area contributed by atoms with Gasteiger partial charge in [0.2, 0.25) is 5.91 Å². The third-order valence-electron chi connectivity index (χ3n) is 11.3. The normalized spacial score (nSPS) is 36.5. The number of nitrogens with zero attached hydrogens (tertiary/aromatic N) is 3. The standard InChI is InChI=1S/C37H47ClN4O6S/c1-23-6-4-8-31(47-3)28-11-9-25(28)19-42-21-37(15-5-7-24-16-27(38)10-12-29(24)37)22-48-32-14-13-30(39-33(32)42)35(44)41-49(46,20-23)40-34(43)26-17-36(2,45)18-26/h4,8,10,12-14,16,23,25-26,28,31,45H,5-7,9,11,15,17-22H2,1-3H3,(H,40,41,43,44,46)/b8-4+/t23-,25-,26-,28+,31-,36-,37-,49+/m0/s1. The molecule has 12 heteroatoms. The Hall–Kier alpha value is -2.99. The number of rotatable bonds is 3. The van der Waals surface area contributed by atoms with E-state index in [1.54, 1.807) is 26.2 Å². The van der Waals surface area contributed by atoms with Crippen LogP contribution in [0.15, 0.2) is 46.8 Å². The zero-order valence-electron chi connectivity index (χ0n) is 28.5. The Kier molecular flexibility index (Phi) is 9.34. The lowest BCUT2D eigenvalue weighted by Gasteiger charge is -2.45. The summed E-state index contributed by atoms with van der Waals surface area (Å²) in [4.78, 5) is 34.2. The summed E-state index contributed by atoms with van der Waals surface area (Å²) >= 11 is 6.43. The van der Waals surface area contributed by atoms with Gasteiger partial charge in [0.1, 0.15) is 15.6 Å². The van der Waals surface area contributed by atoms with Gasteiger partial charge in [0.25, 0.3) is 0 Å². The highest BCUT2D eigenvalue weighted by Crippen LogP contribution is 2.46. The predicted octanol–water partition coefficient (Wildman–Crippen LogP) is 5.65. The number of allylic oxidation sites excluding steroid dienone is 1. The summed E-state index contributed by atoms with van der Waals surface area (Å²) in [7, 11) is -1.77. The third kappa shape index (κ3) is 7.01. The number of aryl methyl sites for hydroxylation is 1. The fourth-order valence-corrected chi connectivity index (χ4v) is 10.8. The topological polar surface area (TPSA) is 130 Å². The summed E-state index contributed by atoms with van der Waals surface area (Å²) in [5.74, 6) is -0.0328. The molecule has 2 aliphatic heterocycles. The molecular formula is C37H47ClN4O6S. The monoisotopic (exact) mass is 710 g/mol. The number of aromatic nitrogens is 1. The van der Waals surface area contributed by atoms with Crippen molar-refractivity contribution in [3.05, 3.63) is 64.3 Å². The van der Waals surface area contributed by atoms with E-state index in [0.29, 0.717) is 43.0 Å². The number of carbonyl (C=O) groups is 2.